The SMILES string of the molecule is COCCNS(=O)(=O)N(CC#N)C1CCCC1. The van der Waals surface area contributed by atoms with Crippen molar-refractivity contribution < 1.29 is 13.2 Å². The third-order valence-corrected chi connectivity index (χ3v) is 4.47. The van der Waals surface area contributed by atoms with Crippen molar-refractivity contribution in [3.63, 3.8) is 0 Å². The first kappa shape index (κ1) is 14.4. The fourth-order valence-corrected chi connectivity index (χ4v) is 3.37. The summed E-state index contributed by atoms with van der Waals surface area (Å²) in [6.07, 6.45) is 3.74. The predicted octanol–water partition coefficient (Wildman–Crippen LogP) is 0.235. The monoisotopic (exact) mass is 261 g/mol. The largest absolute Gasteiger partial charge is 0.383 e. The van der Waals surface area contributed by atoms with Gasteiger partial charge >= 0.3 is 0 Å². The summed E-state index contributed by atoms with van der Waals surface area (Å²) in [5.74, 6) is 0. The van der Waals surface area contributed by atoms with Gasteiger partial charge in [0.05, 0.1) is 12.7 Å². The molecule has 98 valence electrons. The van der Waals surface area contributed by atoms with Crippen LogP contribution in [0.4, 0.5) is 0 Å². The predicted molar refractivity (Wildman–Crippen MR) is 63.4 cm³/mol. The quantitative estimate of drug-likeness (QED) is 0.525. The van der Waals surface area contributed by atoms with Crippen LogP contribution in [0.3, 0.4) is 0 Å². The van der Waals surface area contributed by atoms with E-state index >= 15 is 0 Å². The van der Waals surface area contributed by atoms with Crippen molar-refractivity contribution in [1.82, 2.24) is 9.03 Å². The fraction of sp³-hybridized carbons (Fsp3) is 0.900. The van der Waals surface area contributed by atoms with Crippen LogP contribution in [-0.4, -0.2) is 45.6 Å². The maximum Gasteiger partial charge on any atom is 0.280 e. The molecule has 0 heterocycles. The van der Waals surface area contributed by atoms with Gasteiger partial charge in [-0.1, -0.05) is 12.8 Å². The molecule has 1 N–H and O–H groups in total. The molecular formula is C10H19N3O3S. The van der Waals surface area contributed by atoms with E-state index < -0.39 is 10.2 Å². The third kappa shape index (κ3) is 4.24. The second kappa shape index (κ2) is 6.91. The number of nitriles is 1. The van der Waals surface area contributed by atoms with E-state index in [-0.39, 0.29) is 19.1 Å². The van der Waals surface area contributed by atoms with Gasteiger partial charge in [0.25, 0.3) is 10.2 Å². The number of hydrogen-bond donors (Lipinski definition) is 1. The minimum absolute atomic E-state index is 0.0327. The fourth-order valence-electron chi connectivity index (χ4n) is 2.03. The highest BCUT2D eigenvalue weighted by molar-refractivity contribution is 7.87. The lowest BCUT2D eigenvalue weighted by atomic mass is 10.2. The van der Waals surface area contributed by atoms with Crippen molar-refractivity contribution in [2.45, 2.75) is 31.7 Å². The molecule has 1 aliphatic rings. The van der Waals surface area contributed by atoms with Crippen molar-refractivity contribution in [3.05, 3.63) is 0 Å². The maximum atomic E-state index is 12.0. The summed E-state index contributed by atoms with van der Waals surface area (Å²) in [7, 11) is -2.05. The molecule has 0 atom stereocenters. The maximum absolute atomic E-state index is 12.0. The summed E-state index contributed by atoms with van der Waals surface area (Å²) >= 11 is 0. The summed E-state index contributed by atoms with van der Waals surface area (Å²) in [6.45, 7) is 0.463. The zero-order valence-electron chi connectivity index (χ0n) is 10.1. The van der Waals surface area contributed by atoms with Crippen molar-refractivity contribution in [1.29, 1.82) is 5.26 Å². The Bertz CT molecular complexity index is 357. The first-order valence-electron chi connectivity index (χ1n) is 5.74. The van der Waals surface area contributed by atoms with E-state index in [2.05, 4.69) is 4.72 Å². The van der Waals surface area contributed by atoms with Gasteiger partial charge in [0.1, 0.15) is 6.54 Å². The van der Waals surface area contributed by atoms with Gasteiger partial charge in [-0.05, 0) is 12.8 Å². The lowest BCUT2D eigenvalue weighted by Crippen LogP contribution is -2.46. The average Bonchev–Trinajstić information content (AvgIpc) is 2.79. The number of methoxy groups -OCH3 is 1. The Hall–Kier alpha value is -0.680. The van der Waals surface area contributed by atoms with Crippen molar-refractivity contribution in [2.75, 3.05) is 26.8 Å². The van der Waals surface area contributed by atoms with Crippen molar-refractivity contribution in [3.8, 4) is 6.07 Å². The average molecular weight is 261 g/mol. The summed E-state index contributed by atoms with van der Waals surface area (Å²) in [4.78, 5) is 0. The van der Waals surface area contributed by atoms with E-state index in [0.717, 1.165) is 25.7 Å². The van der Waals surface area contributed by atoms with Gasteiger partial charge in [0.15, 0.2) is 0 Å². The second-order valence-electron chi connectivity index (χ2n) is 4.03. The topological polar surface area (TPSA) is 82.4 Å². The van der Waals surface area contributed by atoms with Crippen LogP contribution in [0.1, 0.15) is 25.7 Å². The Morgan fingerprint density at radius 1 is 1.47 bits per heavy atom. The summed E-state index contributed by atoms with van der Waals surface area (Å²) in [5, 5.41) is 8.72. The van der Waals surface area contributed by atoms with Crippen molar-refractivity contribution >= 4 is 10.2 Å². The Labute approximate surface area is 103 Å². The smallest absolute Gasteiger partial charge is 0.280 e. The van der Waals surface area contributed by atoms with Gasteiger partial charge in [-0.3, -0.25) is 0 Å². The molecule has 0 saturated heterocycles. The van der Waals surface area contributed by atoms with Crippen LogP contribution >= 0.6 is 0 Å². The van der Waals surface area contributed by atoms with E-state index in [9.17, 15) is 8.42 Å². The molecule has 0 unspecified atom stereocenters. The van der Waals surface area contributed by atoms with Gasteiger partial charge in [-0.15, -0.1) is 0 Å². The Morgan fingerprint density at radius 2 is 2.12 bits per heavy atom. The molecular weight excluding hydrogens is 242 g/mol. The van der Waals surface area contributed by atoms with Crippen LogP contribution in [0.2, 0.25) is 0 Å². The first-order chi connectivity index (χ1) is 8.11. The van der Waals surface area contributed by atoms with Gasteiger partial charge in [0.2, 0.25) is 0 Å². The number of hydrogen-bond acceptors (Lipinski definition) is 4. The highest BCUT2D eigenvalue weighted by Crippen LogP contribution is 2.24. The van der Waals surface area contributed by atoms with Crippen LogP contribution in [0.25, 0.3) is 0 Å². The van der Waals surface area contributed by atoms with Gasteiger partial charge in [-0.25, -0.2) is 0 Å². The molecule has 1 fully saturated rings. The molecule has 0 radical (unpaired) electrons. The molecule has 0 amide bonds. The first-order valence-corrected chi connectivity index (χ1v) is 7.18. The highest BCUT2D eigenvalue weighted by Gasteiger charge is 2.31. The molecule has 7 heteroatoms. The molecule has 0 aromatic rings. The van der Waals surface area contributed by atoms with E-state index in [4.69, 9.17) is 10.00 Å². The molecule has 0 aliphatic heterocycles. The molecule has 0 aromatic carbocycles. The van der Waals surface area contributed by atoms with Crippen LogP contribution in [0.5, 0.6) is 0 Å². The Morgan fingerprint density at radius 3 is 2.65 bits per heavy atom. The number of nitrogens with zero attached hydrogens (tertiary/aromatic N) is 2. The zero-order valence-corrected chi connectivity index (χ0v) is 10.9. The van der Waals surface area contributed by atoms with Crippen LogP contribution in [0.15, 0.2) is 0 Å². The Balaban J connectivity index is 2.64. The van der Waals surface area contributed by atoms with E-state index in [0.29, 0.717) is 6.61 Å². The van der Waals surface area contributed by atoms with Crippen LogP contribution < -0.4 is 4.72 Å². The summed E-state index contributed by atoms with van der Waals surface area (Å²) in [5.41, 5.74) is 0. The lowest BCUT2D eigenvalue weighted by molar-refractivity contribution is 0.203. The normalized spacial score (nSPS) is 17.5. The standard InChI is InChI=1S/C10H19N3O3S/c1-16-9-7-12-17(14,15)13(8-6-11)10-4-2-3-5-10/h10,12H,2-5,7-9H2,1H3. The van der Waals surface area contributed by atoms with Crippen LogP contribution in [-0.2, 0) is 14.9 Å². The van der Waals surface area contributed by atoms with Crippen molar-refractivity contribution in [2.24, 2.45) is 0 Å². The zero-order chi connectivity index (χ0) is 12.7. The van der Waals surface area contributed by atoms with E-state index in [1.54, 1.807) is 0 Å². The van der Waals surface area contributed by atoms with Gasteiger partial charge < -0.3 is 4.74 Å². The minimum Gasteiger partial charge on any atom is -0.383 e. The van der Waals surface area contributed by atoms with E-state index in [1.165, 1.54) is 11.4 Å². The molecule has 6 nitrogen and oxygen atoms in total. The molecule has 1 rings (SSSR count). The molecule has 1 saturated carbocycles. The highest BCUT2D eigenvalue weighted by atomic mass is 32.2. The summed E-state index contributed by atoms with van der Waals surface area (Å²) in [6, 6.07) is 1.88. The van der Waals surface area contributed by atoms with Crippen LogP contribution in [0, 0.1) is 11.3 Å². The number of ether oxygens (including phenoxy) is 1. The Kier molecular flexibility index (Phi) is 5.85. The van der Waals surface area contributed by atoms with E-state index in [1.807, 2.05) is 6.07 Å². The second-order valence-corrected chi connectivity index (χ2v) is 5.74. The number of rotatable bonds is 7. The minimum atomic E-state index is -3.56. The number of nitrogens with one attached hydrogen (secondary N) is 1. The molecule has 0 spiro atoms. The lowest BCUT2D eigenvalue weighted by Gasteiger charge is -2.25. The molecule has 0 aromatic heterocycles. The van der Waals surface area contributed by atoms with Gasteiger partial charge in [0, 0.05) is 19.7 Å². The molecule has 0 bridgehead atoms. The molecule has 17 heavy (non-hydrogen) atoms. The summed E-state index contributed by atoms with van der Waals surface area (Å²) < 4.78 is 32.5. The third-order valence-electron chi connectivity index (χ3n) is 2.86. The van der Waals surface area contributed by atoms with Gasteiger partial charge in [-0.2, -0.15) is 22.7 Å². The molecule has 1 aliphatic carbocycles.